The van der Waals surface area contributed by atoms with Crippen molar-refractivity contribution in [3.8, 4) is 0 Å². The van der Waals surface area contributed by atoms with Crippen molar-refractivity contribution < 1.29 is 0 Å². The van der Waals surface area contributed by atoms with Crippen molar-refractivity contribution in [2.45, 2.75) is 13.5 Å². The van der Waals surface area contributed by atoms with Crippen molar-refractivity contribution in [2.75, 3.05) is 0 Å². The average molecular weight is 120 g/mol. The Balaban J connectivity index is 2.88. The highest BCUT2D eigenvalue weighted by Gasteiger charge is 1.85. The highest BCUT2D eigenvalue weighted by molar-refractivity contribution is 5.19. The molecule has 0 fully saturated rings. The standard InChI is InChI=1S/C8H10N/c1-7-2-4-8(6-9)5-3-7/h2,4-5H,6,9H2,1H3. The van der Waals surface area contributed by atoms with E-state index in [-0.39, 0.29) is 0 Å². The van der Waals surface area contributed by atoms with Crippen molar-refractivity contribution >= 4 is 0 Å². The minimum Gasteiger partial charge on any atom is -0.326 e. The summed E-state index contributed by atoms with van der Waals surface area (Å²) in [5, 5.41) is 0. The van der Waals surface area contributed by atoms with Crippen LogP contribution in [0.25, 0.3) is 0 Å². The molecule has 0 heterocycles. The third-order valence-electron chi connectivity index (χ3n) is 1.27. The van der Waals surface area contributed by atoms with E-state index in [1.807, 2.05) is 25.1 Å². The molecule has 0 atom stereocenters. The Morgan fingerprint density at radius 2 is 2.33 bits per heavy atom. The van der Waals surface area contributed by atoms with Crippen LogP contribution in [0.15, 0.2) is 18.2 Å². The van der Waals surface area contributed by atoms with E-state index in [9.17, 15) is 0 Å². The Kier molecular flexibility index (Phi) is 1.85. The Hall–Kier alpha value is -0.820. The molecular weight excluding hydrogens is 110 g/mol. The van der Waals surface area contributed by atoms with E-state index >= 15 is 0 Å². The lowest BCUT2D eigenvalue weighted by atomic mass is 10.2. The Bertz CT molecular complexity index is 176. The van der Waals surface area contributed by atoms with Gasteiger partial charge in [-0.15, -0.1) is 0 Å². The molecule has 1 heteroatoms. The lowest BCUT2D eigenvalue weighted by Gasteiger charge is -1.93. The first-order chi connectivity index (χ1) is 4.33. The molecule has 1 radical (unpaired) electrons. The van der Waals surface area contributed by atoms with Crippen molar-refractivity contribution in [2.24, 2.45) is 5.73 Å². The first-order valence-corrected chi connectivity index (χ1v) is 3.00. The first-order valence-electron chi connectivity index (χ1n) is 3.00. The van der Waals surface area contributed by atoms with Gasteiger partial charge in [0.1, 0.15) is 0 Å². The highest BCUT2D eigenvalue weighted by Crippen LogP contribution is 1.99. The normalized spacial score (nSPS) is 9.56. The van der Waals surface area contributed by atoms with Crippen LogP contribution in [0.5, 0.6) is 0 Å². The lowest BCUT2D eigenvalue weighted by Crippen LogP contribution is -1.94. The van der Waals surface area contributed by atoms with Crippen LogP contribution in [-0.2, 0) is 6.54 Å². The number of rotatable bonds is 1. The van der Waals surface area contributed by atoms with E-state index in [0.29, 0.717) is 6.54 Å². The second-order valence-corrected chi connectivity index (χ2v) is 2.08. The second-order valence-electron chi connectivity index (χ2n) is 2.08. The van der Waals surface area contributed by atoms with Gasteiger partial charge in [0.05, 0.1) is 0 Å². The summed E-state index contributed by atoms with van der Waals surface area (Å²) in [6, 6.07) is 9.03. The number of hydrogen-bond acceptors (Lipinski definition) is 1. The third kappa shape index (κ3) is 1.54. The minimum absolute atomic E-state index is 0.608. The van der Waals surface area contributed by atoms with Gasteiger partial charge in [-0.05, 0) is 30.2 Å². The Morgan fingerprint density at radius 3 is 2.78 bits per heavy atom. The van der Waals surface area contributed by atoms with E-state index in [4.69, 9.17) is 5.73 Å². The smallest absolute Gasteiger partial charge is 0.0178 e. The van der Waals surface area contributed by atoms with E-state index in [0.717, 1.165) is 11.1 Å². The summed E-state index contributed by atoms with van der Waals surface area (Å²) < 4.78 is 0. The fraction of sp³-hybridized carbons (Fsp3) is 0.250. The van der Waals surface area contributed by atoms with Crippen LogP contribution in [0, 0.1) is 13.0 Å². The van der Waals surface area contributed by atoms with E-state index in [1.165, 1.54) is 0 Å². The van der Waals surface area contributed by atoms with Gasteiger partial charge in [-0.1, -0.05) is 12.1 Å². The maximum atomic E-state index is 5.38. The lowest BCUT2D eigenvalue weighted by molar-refractivity contribution is 1.07. The molecule has 0 spiro atoms. The maximum Gasteiger partial charge on any atom is 0.0178 e. The van der Waals surface area contributed by atoms with Gasteiger partial charge in [-0.3, -0.25) is 0 Å². The van der Waals surface area contributed by atoms with E-state index in [1.54, 1.807) is 0 Å². The summed E-state index contributed by atoms with van der Waals surface area (Å²) in [5.41, 5.74) is 7.68. The number of nitrogens with two attached hydrogens (primary N) is 1. The SMILES string of the molecule is Cc1[c]cc(CN)cc1. The molecule has 2 N–H and O–H groups in total. The molecule has 9 heavy (non-hydrogen) atoms. The Labute approximate surface area is 55.5 Å². The first kappa shape index (κ1) is 6.30. The second kappa shape index (κ2) is 2.65. The van der Waals surface area contributed by atoms with E-state index < -0.39 is 0 Å². The Morgan fingerprint density at radius 1 is 1.56 bits per heavy atom. The molecule has 1 aromatic carbocycles. The molecule has 0 aliphatic rings. The largest absolute Gasteiger partial charge is 0.326 e. The maximum absolute atomic E-state index is 5.38. The molecule has 1 nitrogen and oxygen atoms in total. The van der Waals surface area contributed by atoms with Gasteiger partial charge in [0.15, 0.2) is 0 Å². The minimum atomic E-state index is 0.608. The van der Waals surface area contributed by atoms with Gasteiger partial charge in [-0.2, -0.15) is 0 Å². The molecule has 0 bridgehead atoms. The van der Waals surface area contributed by atoms with Gasteiger partial charge in [0.2, 0.25) is 0 Å². The molecule has 0 amide bonds. The molecule has 0 aromatic heterocycles. The summed E-state index contributed by atoms with van der Waals surface area (Å²) in [6.07, 6.45) is 0. The van der Waals surface area contributed by atoms with Crippen molar-refractivity contribution in [3.63, 3.8) is 0 Å². The fourth-order valence-corrected chi connectivity index (χ4v) is 0.662. The molecule has 0 unspecified atom stereocenters. The average Bonchev–Trinajstić information content (AvgIpc) is 1.90. The van der Waals surface area contributed by atoms with Crippen LogP contribution in [0.3, 0.4) is 0 Å². The molecular formula is C8H10N. The molecule has 0 saturated carbocycles. The fourth-order valence-electron chi connectivity index (χ4n) is 0.662. The highest BCUT2D eigenvalue weighted by atomic mass is 14.5. The van der Waals surface area contributed by atoms with Gasteiger partial charge in [-0.25, -0.2) is 0 Å². The van der Waals surface area contributed by atoms with Crippen LogP contribution in [0.2, 0.25) is 0 Å². The molecule has 0 aliphatic heterocycles. The molecule has 47 valence electrons. The zero-order valence-electron chi connectivity index (χ0n) is 5.52. The zero-order valence-corrected chi connectivity index (χ0v) is 5.52. The quantitative estimate of drug-likeness (QED) is 0.593. The van der Waals surface area contributed by atoms with Crippen LogP contribution >= 0.6 is 0 Å². The summed E-state index contributed by atoms with van der Waals surface area (Å²) in [7, 11) is 0. The van der Waals surface area contributed by atoms with Gasteiger partial charge in [0, 0.05) is 6.54 Å². The summed E-state index contributed by atoms with van der Waals surface area (Å²) >= 11 is 0. The van der Waals surface area contributed by atoms with Crippen molar-refractivity contribution in [1.29, 1.82) is 0 Å². The van der Waals surface area contributed by atoms with Gasteiger partial charge >= 0.3 is 0 Å². The summed E-state index contributed by atoms with van der Waals surface area (Å²) in [5.74, 6) is 0. The summed E-state index contributed by atoms with van der Waals surface area (Å²) in [6.45, 7) is 2.62. The molecule has 1 rings (SSSR count). The van der Waals surface area contributed by atoms with Gasteiger partial charge < -0.3 is 5.73 Å². The van der Waals surface area contributed by atoms with E-state index in [2.05, 4.69) is 6.07 Å². The predicted octanol–water partition coefficient (Wildman–Crippen LogP) is 1.25. The summed E-state index contributed by atoms with van der Waals surface area (Å²) in [4.78, 5) is 0. The van der Waals surface area contributed by atoms with Crippen LogP contribution in [-0.4, -0.2) is 0 Å². The molecule has 1 aromatic rings. The van der Waals surface area contributed by atoms with Crippen LogP contribution in [0.4, 0.5) is 0 Å². The third-order valence-corrected chi connectivity index (χ3v) is 1.27. The van der Waals surface area contributed by atoms with Crippen molar-refractivity contribution in [3.05, 3.63) is 35.4 Å². The number of benzene rings is 1. The van der Waals surface area contributed by atoms with Crippen LogP contribution < -0.4 is 5.73 Å². The number of aryl methyl sites for hydroxylation is 1. The molecule has 0 aliphatic carbocycles. The molecule has 0 saturated heterocycles. The monoisotopic (exact) mass is 120 g/mol. The van der Waals surface area contributed by atoms with Crippen LogP contribution in [0.1, 0.15) is 11.1 Å². The zero-order chi connectivity index (χ0) is 6.69. The predicted molar refractivity (Wildman–Crippen MR) is 37.9 cm³/mol. The topological polar surface area (TPSA) is 26.0 Å². The van der Waals surface area contributed by atoms with Crippen molar-refractivity contribution in [1.82, 2.24) is 0 Å². The van der Waals surface area contributed by atoms with Gasteiger partial charge in [0.25, 0.3) is 0 Å². The number of hydrogen-bond donors (Lipinski definition) is 1.